The third-order valence-corrected chi connectivity index (χ3v) is 3.13. The van der Waals surface area contributed by atoms with E-state index in [1.165, 1.54) is 18.2 Å². The maximum atomic E-state index is 12.0. The molecule has 0 fully saturated rings. The van der Waals surface area contributed by atoms with Gasteiger partial charge in [0.1, 0.15) is 11.4 Å². The van der Waals surface area contributed by atoms with Gasteiger partial charge >= 0.3 is 5.97 Å². The number of carboxylic acids is 1. The van der Waals surface area contributed by atoms with Crippen molar-refractivity contribution >= 4 is 33.5 Å². The first-order chi connectivity index (χ1) is 9.47. The maximum Gasteiger partial charge on any atom is 0.354 e. The molecule has 0 aliphatic rings. The number of rotatable bonds is 3. The maximum absolute atomic E-state index is 12.0. The first-order valence-corrected chi connectivity index (χ1v) is 6.54. The van der Waals surface area contributed by atoms with E-state index in [2.05, 4.69) is 26.2 Å². The highest BCUT2D eigenvalue weighted by molar-refractivity contribution is 9.10. The number of halogens is 1. The summed E-state index contributed by atoms with van der Waals surface area (Å²) in [6, 6.07) is 9.73. The summed E-state index contributed by atoms with van der Waals surface area (Å²) >= 11 is 3.34. The molecular formula is C14H11BrN2O3. The van der Waals surface area contributed by atoms with Gasteiger partial charge in [-0.2, -0.15) is 0 Å². The lowest BCUT2D eigenvalue weighted by atomic mass is 10.2. The number of aromatic carboxylic acids is 1. The van der Waals surface area contributed by atoms with Crippen LogP contribution in [-0.4, -0.2) is 22.0 Å². The van der Waals surface area contributed by atoms with E-state index in [9.17, 15) is 9.59 Å². The third kappa shape index (κ3) is 3.21. The molecule has 5 nitrogen and oxygen atoms in total. The zero-order chi connectivity index (χ0) is 14.7. The fourth-order valence-electron chi connectivity index (χ4n) is 1.63. The van der Waals surface area contributed by atoms with Crippen molar-refractivity contribution < 1.29 is 14.7 Å². The second kappa shape index (κ2) is 5.83. The molecule has 0 spiro atoms. The summed E-state index contributed by atoms with van der Waals surface area (Å²) in [5, 5.41) is 11.6. The molecular weight excluding hydrogens is 324 g/mol. The van der Waals surface area contributed by atoms with Gasteiger partial charge in [-0.1, -0.05) is 22.0 Å². The van der Waals surface area contributed by atoms with E-state index >= 15 is 0 Å². The average molecular weight is 335 g/mol. The van der Waals surface area contributed by atoms with Crippen molar-refractivity contribution in [1.82, 2.24) is 4.98 Å². The van der Waals surface area contributed by atoms with E-state index in [1.807, 2.05) is 19.1 Å². The van der Waals surface area contributed by atoms with E-state index in [-0.39, 0.29) is 11.4 Å². The summed E-state index contributed by atoms with van der Waals surface area (Å²) in [7, 11) is 0. The average Bonchev–Trinajstić information content (AvgIpc) is 2.42. The Labute approximate surface area is 123 Å². The number of amides is 1. The first kappa shape index (κ1) is 14.2. The Morgan fingerprint density at radius 1 is 1.20 bits per heavy atom. The normalized spacial score (nSPS) is 10.1. The molecule has 1 aromatic carbocycles. The Hall–Kier alpha value is -2.21. The number of nitrogens with zero attached hydrogens (tertiary/aromatic N) is 1. The Morgan fingerprint density at radius 2 is 1.90 bits per heavy atom. The number of aryl methyl sites for hydroxylation is 1. The zero-order valence-electron chi connectivity index (χ0n) is 10.6. The van der Waals surface area contributed by atoms with Crippen molar-refractivity contribution in [2.24, 2.45) is 0 Å². The van der Waals surface area contributed by atoms with Crippen molar-refractivity contribution in [2.75, 3.05) is 5.32 Å². The number of carboxylic acid groups (broad SMARTS) is 1. The molecule has 1 heterocycles. The molecule has 0 aliphatic heterocycles. The van der Waals surface area contributed by atoms with Crippen LogP contribution >= 0.6 is 15.9 Å². The van der Waals surface area contributed by atoms with Crippen molar-refractivity contribution in [3.8, 4) is 0 Å². The second-order valence-corrected chi connectivity index (χ2v) is 5.04. The molecule has 0 bridgehead atoms. The van der Waals surface area contributed by atoms with Crippen molar-refractivity contribution in [3.63, 3.8) is 0 Å². The molecule has 0 saturated carbocycles. The predicted molar refractivity (Wildman–Crippen MR) is 78.0 cm³/mol. The van der Waals surface area contributed by atoms with Crippen LogP contribution in [0.15, 0.2) is 40.9 Å². The van der Waals surface area contributed by atoms with Crippen LogP contribution in [0.4, 0.5) is 5.69 Å². The summed E-state index contributed by atoms with van der Waals surface area (Å²) in [5.41, 5.74) is 1.44. The van der Waals surface area contributed by atoms with Gasteiger partial charge in [0.25, 0.3) is 5.91 Å². The number of carbonyl (C=O) groups is 2. The predicted octanol–water partition coefficient (Wildman–Crippen LogP) is 3.10. The van der Waals surface area contributed by atoms with Crippen molar-refractivity contribution in [3.05, 3.63) is 57.8 Å². The van der Waals surface area contributed by atoms with Crippen LogP contribution in [0.3, 0.4) is 0 Å². The second-order valence-electron chi connectivity index (χ2n) is 4.13. The van der Waals surface area contributed by atoms with E-state index in [0.29, 0.717) is 5.69 Å². The SMILES string of the molecule is Cc1cc(Br)ccc1NC(=O)c1cccc(C(=O)O)n1. The van der Waals surface area contributed by atoms with Crippen LogP contribution in [0.2, 0.25) is 0 Å². The van der Waals surface area contributed by atoms with E-state index in [0.717, 1.165) is 10.0 Å². The Bertz CT molecular complexity index is 686. The van der Waals surface area contributed by atoms with Gasteiger partial charge in [0.2, 0.25) is 0 Å². The van der Waals surface area contributed by atoms with Gasteiger partial charge < -0.3 is 10.4 Å². The van der Waals surface area contributed by atoms with E-state index in [1.54, 1.807) is 6.07 Å². The Balaban J connectivity index is 2.24. The lowest BCUT2D eigenvalue weighted by molar-refractivity contribution is 0.0690. The van der Waals surface area contributed by atoms with Gasteiger partial charge in [-0.15, -0.1) is 0 Å². The van der Waals surface area contributed by atoms with Gasteiger partial charge in [-0.3, -0.25) is 4.79 Å². The molecule has 1 amide bonds. The fourth-order valence-corrected chi connectivity index (χ4v) is 2.11. The van der Waals surface area contributed by atoms with Crippen LogP contribution in [0.1, 0.15) is 26.5 Å². The fraction of sp³-hybridized carbons (Fsp3) is 0.0714. The van der Waals surface area contributed by atoms with Crippen LogP contribution in [-0.2, 0) is 0 Å². The first-order valence-electron chi connectivity index (χ1n) is 5.75. The minimum absolute atomic E-state index is 0.0622. The van der Waals surface area contributed by atoms with Crippen LogP contribution in [0, 0.1) is 6.92 Å². The molecule has 6 heteroatoms. The molecule has 2 aromatic rings. The summed E-state index contributed by atoms with van der Waals surface area (Å²) in [6.07, 6.45) is 0. The van der Waals surface area contributed by atoms with E-state index < -0.39 is 11.9 Å². The molecule has 0 unspecified atom stereocenters. The number of benzene rings is 1. The van der Waals surface area contributed by atoms with Gasteiger partial charge in [-0.25, -0.2) is 9.78 Å². The molecule has 102 valence electrons. The number of nitrogens with one attached hydrogen (secondary N) is 1. The molecule has 0 aliphatic carbocycles. The molecule has 2 N–H and O–H groups in total. The summed E-state index contributed by atoms with van der Waals surface area (Å²) in [5.74, 6) is -1.61. The standard InChI is InChI=1S/C14H11BrN2O3/c1-8-7-9(15)5-6-10(8)17-13(18)11-3-2-4-12(16-11)14(19)20/h2-7H,1H3,(H,17,18)(H,19,20). The van der Waals surface area contributed by atoms with Gasteiger partial charge in [0, 0.05) is 10.2 Å². The number of anilines is 1. The summed E-state index contributed by atoms with van der Waals surface area (Å²) in [6.45, 7) is 1.86. The number of carbonyl (C=O) groups excluding carboxylic acids is 1. The monoisotopic (exact) mass is 334 g/mol. The highest BCUT2D eigenvalue weighted by Gasteiger charge is 2.12. The highest BCUT2D eigenvalue weighted by atomic mass is 79.9. The zero-order valence-corrected chi connectivity index (χ0v) is 12.1. The number of hydrogen-bond donors (Lipinski definition) is 2. The number of aromatic nitrogens is 1. The Kier molecular flexibility index (Phi) is 4.14. The lowest BCUT2D eigenvalue weighted by Crippen LogP contribution is -2.16. The smallest absolute Gasteiger partial charge is 0.354 e. The summed E-state index contributed by atoms with van der Waals surface area (Å²) < 4.78 is 0.916. The topological polar surface area (TPSA) is 79.3 Å². The minimum Gasteiger partial charge on any atom is -0.477 e. The van der Waals surface area contributed by atoms with Crippen LogP contribution in [0.5, 0.6) is 0 Å². The quantitative estimate of drug-likeness (QED) is 0.903. The lowest BCUT2D eigenvalue weighted by Gasteiger charge is -2.08. The van der Waals surface area contributed by atoms with Gasteiger partial charge in [0.15, 0.2) is 0 Å². The van der Waals surface area contributed by atoms with Gasteiger partial charge in [-0.05, 0) is 42.8 Å². The minimum atomic E-state index is -1.17. The molecule has 0 radical (unpaired) electrons. The van der Waals surface area contributed by atoms with Crippen molar-refractivity contribution in [1.29, 1.82) is 0 Å². The van der Waals surface area contributed by atoms with Crippen LogP contribution in [0.25, 0.3) is 0 Å². The number of pyridine rings is 1. The molecule has 0 saturated heterocycles. The highest BCUT2D eigenvalue weighted by Crippen LogP contribution is 2.20. The molecule has 2 rings (SSSR count). The van der Waals surface area contributed by atoms with Gasteiger partial charge in [0.05, 0.1) is 0 Å². The van der Waals surface area contributed by atoms with E-state index in [4.69, 9.17) is 5.11 Å². The Morgan fingerprint density at radius 3 is 2.55 bits per heavy atom. The summed E-state index contributed by atoms with van der Waals surface area (Å²) in [4.78, 5) is 26.7. The molecule has 0 atom stereocenters. The number of hydrogen-bond acceptors (Lipinski definition) is 3. The van der Waals surface area contributed by atoms with Crippen molar-refractivity contribution in [2.45, 2.75) is 6.92 Å². The largest absolute Gasteiger partial charge is 0.477 e. The van der Waals surface area contributed by atoms with Crippen LogP contribution < -0.4 is 5.32 Å². The molecule has 20 heavy (non-hydrogen) atoms. The molecule has 1 aromatic heterocycles. The third-order valence-electron chi connectivity index (χ3n) is 2.64.